The second-order valence-electron chi connectivity index (χ2n) is 3.12. The summed E-state index contributed by atoms with van der Waals surface area (Å²) in [4.78, 5) is 3.24. The molecule has 0 aliphatic rings. The number of thiophene rings is 1. The van der Waals surface area contributed by atoms with E-state index in [1.54, 1.807) is 6.07 Å². The number of hydrogen-bond acceptors (Lipinski definition) is 4. The lowest BCUT2D eigenvalue weighted by Crippen LogP contribution is -2.21. The summed E-state index contributed by atoms with van der Waals surface area (Å²) in [6.07, 6.45) is 0. The maximum atomic E-state index is 11.0. The molecule has 0 N–H and O–H groups in total. The van der Waals surface area contributed by atoms with E-state index in [0.29, 0.717) is 0 Å². The van der Waals surface area contributed by atoms with Crippen molar-refractivity contribution in [2.45, 2.75) is 24.6 Å². The fourth-order valence-electron chi connectivity index (χ4n) is 1.24. The molecule has 0 aliphatic carbocycles. The first-order valence-electron chi connectivity index (χ1n) is 4.73. The van der Waals surface area contributed by atoms with Crippen molar-refractivity contribution in [2.24, 2.45) is 0 Å². The number of rotatable bonds is 5. The van der Waals surface area contributed by atoms with Gasteiger partial charge in [0.25, 0.3) is 9.05 Å². The van der Waals surface area contributed by atoms with Gasteiger partial charge in [-0.15, -0.1) is 11.3 Å². The molecule has 0 saturated carbocycles. The monoisotopic (exact) mass is 267 g/mol. The second-order valence-corrected chi connectivity index (χ2v) is 7.08. The lowest BCUT2D eigenvalue weighted by Gasteiger charge is -2.16. The van der Waals surface area contributed by atoms with E-state index in [-0.39, 0.29) is 4.21 Å². The van der Waals surface area contributed by atoms with Gasteiger partial charge in [0, 0.05) is 22.1 Å². The van der Waals surface area contributed by atoms with E-state index in [1.807, 2.05) is 6.07 Å². The predicted octanol–water partition coefficient (Wildman–Crippen LogP) is 2.52. The van der Waals surface area contributed by atoms with Crippen molar-refractivity contribution in [3.63, 3.8) is 0 Å². The zero-order chi connectivity index (χ0) is 11.5. The summed E-state index contributed by atoms with van der Waals surface area (Å²) in [7, 11) is 1.69. The van der Waals surface area contributed by atoms with E-state index >= 15 is 0 Å². The molecular weight excluding hydrogens is 254 g/mol. The highest BCUT2D eigenvalue weighted by molar-refractivity contribution is 8.15. The molecule has 0 aliphatic heterocycles. The summed E-state index contributed by atoms with van der Waals surface area (Å²) in [5.74, 6) is 0. The van der Waals surface area contributed by atoms with Crippen LogP contribution < -0.4 is 0 Å². The Morgan fingerprint density at radius 3 is 2.33 bits per heavy atom. The van der Waals surface area contributed by atoms with Gasteiger partial charge in [0.15, 0.2) is 0 Å². The zero-order valence-electron chi connectivity index (χ0n) is 8.73. The van der Waals surface area contributed by atoms with Crippen LogP contribution in [0.5, 0.6) is 0 Å². The highest BCUT2D eigenvalue weighted by atomic mass is 35.7. The fraction of sp³-hybridized carbons (Fsp3) is 0.556. The molecule has 0 saturated heterocycles. The summed E-state index contributed by atoms with van der Waals surface area (Å²) in [5, 5.41) is 0. The first-order valence-corrected chi connectivity index (χ1v) is 7.85. The van der Waals surface area contributed by atoms with Crippen LogP contribution in [0.25, 0.3) is 0 Å². The predicted molar refractivity (Wildman–Crippen MR) is 64.0 cm³/mol. The van der Waals surface area contributed by atoms with Gasteiger partial charge in [-0.1, -0.05) is 13.8 Å². The second kappa shape index (κ2) is 5.30. The summed E-state index contributed by atoms with van der Waals surface area (Å²) < 4.78 is 22.3. The third-order valence-electron chi connectivity index (χ3n) is 2.15. The molecular formula is C9H14ClNO2S2. The standard InChI is InChI=1S/C9H14ClNO2S2/c1-3-11(4-2)7-8-5-6-9(14-8)15(10,12)13/h5-6H,3-4,7H2,1-2H3. The SMILES string of the molecule is CCN(CC)Cc1ccc(S(=O)(=O)Cl)s1. The lowest BCUT2D eigenvalue weighted by atomic mass is 10.4. The van der Waals surface area contributed by atoms with Crippen LogP contribution in [0, 0.1) is 0 Å². The molecule has 86 valence electrons. The first-order chi connectivity index (χ1) is 6.97. The Hall–Kier alpha value is -0.100. The molecule has 1 heterocycles. The molecule has 0 unspecified atom stereocenters. The quantitative estimate of drug-likeness (QED) is 0.770. The lowest BCUT2D eigenvalue weighted by molar-refractivity contribution is 0.298. The van der Waals surface area contributed by atoms with E-state index in [4.69, 9.17) is 10.7 Å². The molecule has 1 aromatic heterocycles. The van der Waals surface area contributed by atoms with Crippen LogP contribution in [0.15, 0.2) is 16.3 Å². The molecule has 1 aromatic rings. The van der Waals surface area contributed by atoms with E-state index in [0.717, 1.165) is 24.5 Å². The molecule has 0 fully saturated rings. The highest BCUT2D eigenvalue weighted by Gasteiger charge is 2.13. The third kappa shape index (κ3) is 3.75. The zero-order valence-corrected chi connectivity index (χ0v) is 11.1. The maximum Gasteiger partial charge on any atom is 0.270 e. The highest BCUT2D eigenvalue weighted by Crippen LogP contribution is 2.25. The molecule has 0 amide bonds. The van der Waals surface area contributed by atoms with Gasteiger partial charge in [-0.05, 0) is 25.2 Å². The Balaban J connectivity index is 2.77. The molecule has 1 rings (SSSR count). The van der Waals surface area contributed by atoms with Crippen molar-refractivity contribution >= 4 is 31.1 Å². The summed E-state index contributed by atoms with van der Waals surface area (Å²) >= 11 is 1.24. The van der Waals surface area contributed by atoms with Gasteiger partial charge < -0.3 is 0 Å². The van der Waals surface area contributed by atoms with E-state index in [2.05, 4.69) is 18.7 Å². The number of hydrogen-bond donors (Lipinski definition) is 0. The molecule has 6 heteroatoms. The Morgan fingerprint density at radius 2 is 1.93 bits per heavy atom. The average molecular weight is 268 g/mol. The van der Waals surface area contributed by atoms with Crippen molar-refractivity contribution in [3.8, 4) is 0 Å². The van der Waals surface area contributed by atoms with Gasteiger partial charge in [0.05, 0.1) is 0 Å². The minimum atomic E-state index is -3.56. The van der Waals surface area contributed by atoms with Crippen LogP contribution >= 0.6 is 22.0 Å². The van der Waals surface area contributed by atoms with Crippen LogP contribution in [-0.2, 0) is 15.6 Å². The summed E-state index contributed by atoms with van der Waals surface area (Å²) in [6.45, 7) is 6.85. The largest absolute Gasteiger partial charge is 0.299 e. The molecule has 0 atom stereocenters. The topological polar surface area (TPSA) is 37.4 Å². The van der Waals surface area contributed by atoms with Crippen LogP contribution in [0.2, 0.25) is 0 Å². The van der Waals surface area contributed by atoms with Crippen molar-refractivity contribution in [3.05, 3.63) is 17.0 Å². The first kappa shape index (κ1) is 13.0. The Bertz CT molecular complexity index is 410. The van der Waals surface area contributed by atoms with Gasteiger partial charge >= 0.3 is 0 Å². The minimum absolute atomic E-state index is 0.228. The third-order valence-corrected chi connectivity index (χ3v) is 5.31. The van der Waals surface area contributed by atoms with Crippen molar-refractivity contribution in [1.29, 1.82) is 0 Å². The summed E-state index contributed by atoms with van der Waals surface area (Å²) in [5.41, 5.74) is 0. The molecule has 0 bridgehead atoms. The molecule has 0 aromatic carbocycles. The van der Waals surface area contributed by atoms with Gasteiger partial charge in [-0.25, -0.2) is 8.42 Å². The van der Waals surface area contributed by atoms with Gasteiger partial charge in [-0.3, -0.25) is 4.90 Å². The van der Waals surface area contributed by atoms with Crippen LogP contribution in [0.3, 0.4) is 0 Å². The van der Waals surface area contributed by atoms with Gasteiger partial charge in [-0.2, -0.15) is 0 Å². The average Bonchev–Trinajstić information content (AvgIpc) is 2.61. The number of nitrogens with zero attached hydrogens (tertiary/aromatic N) is 1. The Labute approximate surface area is 99.1 Å². The van der Waals surface area contributed by atoms with Crippen LogP contribution in [0.4, 0.5) is 0 Å². The normalized spacial score (nSPS) is 12.3. The fourth-order valence-corrected chi connectivity index (χ4v) is 3.41. The van der Waals surface area contributed by atoms with Crippen molar-refractivity contribution in [1.82, 2.24) is 4.90 Å². The van der Waals surface area contributed by atoms with E-state index < -0.39 is 9.05 Å². The summed E-state index contributed by atoms with van der Waals surface area (Å²) in [6, 6.07) is 3.38. The van der Waals surface area contributed by atoms with Crippen LogP contribution in [0.1, 0.15) is 18.7 Å². The van der Waals surface area contributed by atoms with E-state index in [1.165, 1.54) is 11.3 Å². The van der Waals surface area contributed by atoms with E-state index in [9.17, 15) is 8.42 Å². The molecule has 0 spiro atoms. The van der Waals surface area contributed by atoms with Crippen molar-refractivity contribution < 1.29 is 8.42 Å². The maximum absolute atomic E-state index is 11.0. The van der Waals surface area contributed by atoms with Gasteiger partial charge in [0.1, 0.15) is 4.21 Å². The molecule has 15 heavy (non-hydrogen) atoms. The molecule has 0 radical (unpaired) electrons. The van der Waals surface area contributed by atoms with Crippen LogP contribution in [-0.4, -0.2) is 26.4 Å². The number of halogens is 1. The minimum Gasteiger partial charge on any atom is -0.299 e. The Morgan fingerprint density at radius 1 is 1.33 bits per heavy atom. The Kier molecular flexibility index (Phi) is 4.58. The smallest absolute Gasteiger partial charge is 0.270 e. The van der Waals surface area contributed by atoms with Crippen molar-refractivity contribution in [2.75, 3.05) is 13.1 Å². The van der Waals surface area contributed by atoms with Gasteiger partial charge in [0.2, 0.25) is 0 Å². The molecule has 3 nitrogen and oxygen atoms in total.